The van der Waals surface area contributed by atoms with E-state index in [-0.39, 0.29) is 19.4 Å². The number of ether oxygens (including phenoxy) is 2. The van der Waals surface area contributed by atoms with E-state index in [1.165, 1.54) is 0 Å². The molecule has 0 radical (unpaired) electrons. The average molecular weight is 259 g/mol. The summed E-state index contributed by atoms with van der Waals surface area (Å²) < 4.78 is 10.5. The molecular weight excluding hydrogens is 244 g/mol. The number of hydrogen-bond donors (Lipinski definition) is 3. The molecule has 17 heavy (non-hydrogen) atoms. The highest BCUT2D eigenvalue weighted by Gasteiger charge is 2.20. The van der Waals surface area contributed by atoms with Crippen LogP contribution < -0.4 is 20.5 Å². The van der Waals surface area contributed by atoms with E-state index in [1.54, 1.807) is 6.07 Å². The standard InChI is InChI=1S/C11H15ClN2O3/c12-8-3-7(9(5-13)14-1-2-15)4-10-11(8)17-6-16-10/h3-4,9,14-15H,1-2,5-6,13H2. The van der Waals surface area contributed by atoms with Crippen molar-refractivity contribution in [2.24, 2.45) is 5.73 Å². The van der Waals surface area contributed by atoms with Crippen molar-refractivity contribution in [3.05, 3.63) is 22.7 Å². The van der Waals surface area contributed by atoms with E-state index in [0.717, 1.165) is 5.56 Å². The second kappa shape index (κ2) is 5.55. The van der Waals surface area contributed by atoms with Crippen LogP contribution in [0.3, 0.4) is 0 Å². The van der Waals surface area contributed by atoms with E-state index in [0.29, 0.717) is 29.6 Å². The molecule has 1 aromatic rings. The maximum Gasteiger partial charge on any atom is 0.231 e. The molecule has 0 saturated heterocycles. The largest absolute Gasteiger partial charge is 0.454 e. The predicted molar refractivity (Wildman–Crippen MR) is 64.5 cm³/mol. The number of halogens is 1. The van der Waals surface area contributed by atoms with Crippen LogP contribution in [0.15, 0.2) is 12.1 Å². The normalized spacial score (nSPS) is 15.0. The van der Waals surface area contributed by atoms with E-state index in [2.05, 4.69) is 5.32 Å². The zero-order valence-electron chi connectivity index (χ0n) is 9.28. The van der Waals surface area contributed by atoms with Crippen molar-refractivity contribution in [2.75, 3.05) is 26.5 Å². The third-order valence-electron chi connectivity index (χ3n) is 2.59. The lowest BCUT2D eigenvalue weighted by molar-refractivity contribution is 0.174. The van der Waals surface area contributed by atoms with Crippen molar-refractivity contribution in [3.8, 4) is 11.5 Å². The van der Waals surface area contributed by atoms with Crippen molar-refractivity contribution < 1.29 is 14.6 Å². The van der Waals surface area contributed by atoms with E-state index >= 15 is 0 Å². The number of nitrogens with one attached hydrogen (secondary N) is 1. The molecule has 1 atom stereocenters. The smallest absolute Gasteiger partial charge is 0.231 e. The molecule has 0 spiro atoms. The lowest BCUT2D eigenvalue weighted by Gasteiger charge is -2.17. The molecule has 1 unspecified atom stereocenters. The fourth-order valence-corrected chi connectivity index (χ4v) is 2.04. The summed E-state index contributed by atoms with van der Waals surface area (Å²) in [6, 6.07) is 3.60. The first-order chi connectivity index (χ1) is 8.26. The quantitative estimate of drug-likeness (QED) is 0.723. The van der Waals surface area contributed by atoms with Gasteiger partial charge in [0, 0.05) is 19.1 Å². The third kappa shape index (κ3) is 2.63. The van der Waals surface area contributed by atoms with Crippen LogP contribution >= 0.6 is 11.6 Å². The summed E-state index contributed by atoms with van der Waals surface area (Å²) in [5, 5.41) is 12.4. The maximum atomic E-state index is 8.79. The molecular formula is C11H15ClN2O3. The molecule has 6 heteroatoms. The van der Waals surface area contributed by atoms with E-state index in [1.807, 2.05) is 6.07 Å². The van der Waals surface area contributed by atoms with E-state index < -0.39 is 0 Å². The van der Waals surface area contributed by atoms with E-state index in [9.17, 15) is 0 Å². The Kier molecular flexibility index (Phi) is 4.06. The first kappa shape index (κ1) is 12.4. The summed E-state index contributed by atoms with van der Waals surface area (Å²) in [6.07, 6.45) is 0. The Morgan fingerprint density at radius 3 is 3.00 bits per heavy atom. The van der Waals surface area contributed by atoms with Gasteiger partial charge >= 0.3 is 0 Å². The second-order valence-corrected chi connectivity index (χ2v) is 4.11. The molecule has 0 amide bonds. The average Bonchev–Trinajstić information content (AvgIpc) is 2.79. The minimum absolute atomic E-state index is 0.0610. The van der Waals surface area contributed by atoms with E-state index in [4.69, 9.17) is 31.9 Å². The zero-order valence-corrected chi connectivity index (χ0v) is 10.0. The van der Waals surface area contributed by atoms with Crippen LogP contribution in [0.1, 0.15) is 11.6 Å². The Morgan fingerprint density at radius 2 is 2.29 bits per heavy atom. The highest BCUT2D eigenvalue weighted by Crippen LogP contribution is 2.40. The summed E-state index contributed by atoms with van der Waals surface area (Å²) in [4.78, 5) is 0. The molecule has 0 bridgehead atoms. The van der Waals surface area contributed by atoms with Crippen LogP contribution in [0.4, 0.5) is 0 Å². The van der Waals surface area contributed by atoms with Gasteiger partial charge in [-0.05, 0) is 17.7 Å². The summed E-state index contributed by atoms with van der Waals surface area (Å²) >= 11 is 6.09. The van der Waals surface area contributed by atoms with Gasteiger partial charge in [0.2, 0.25) is 6.79 Å². The summed E-state index contributed by atoms with van der Waals surface area (Å²) in [7, 11) is 0. The molecule has 5 nitrogen and oxygen atoms in total. The van der Waals surface area contributed by atoms with Gasteiger partial charge in [-0.15, -0.1) is 0 Å². The molecule has 4 N–H and O–H groups in total. The van der Waals surface area contributed by atoms with Gasteiger partial charge in [-0.2, -0.15) is 0 Å². The lowest BCUT2D eigenvalue weighted by Crippen LogP contribution is -2.30. The van der Waals surface area contributed by atoms with Gasteiger partial charge in [-0.25, -0.2) is 0 Å². The molecule has 0 fully saturated rings. The number of aliphatic hydroxyl groups is 1. The van der Waals surface area contributed by atoms with Crippen molar-refractivity contribution in [1.29, 1.82) is 0 Å². The van der Waals surface area contributed by atoms with Gasteiger partial charge in [0.05, 0.1) is 11.6 Å². The van der Waals surface area contributed by atoms with Gasteiger partial charge in [0.25, 0.3) is 0 Å². The van der Waals surface area contributed by atoms with Crippen molar-refractivity contribution >= 4 is 11.6 Å². The molecule has 2 rings (SSSR count). The number of aliphatic hydroxyl groups excluding tert-OH is 1. The highest BCUT2D eigenvalue weighted by molar-refractivity contribution is 6.32. The van der Waals surface area contributed by atoms with Crippen molar-refractivity contribution in [3.63, 3.8) is 0 Å². The number of nitrogens with two attached hydrogens (primary N) is 1. The molecule has 94 valence electrons. The molecule has 1 heterocycles. The number of hydrogen-bond acceptors (Lipinski definition) is 5. The van der Waals surface area contributed by atoms with Gasteiger partial charge < -0.3 is 25.6 Å². The predicted octanol–water partition coefficient (Wildman–Crippen LogP) is 0.650. The topological polar surface area (TPSA) is 76.7 Å². The Balaban J connectivity index is 2.22. The Hall–Kier alpha value is -1.01. The van der Waals surface area contributed by atoms with Crippen LogP contribution in [0.25, 0.3) is 0 Å². The number of rotatable bonds is 5. The molecule has 1 aliphatic rings. The second-order valence-electron chi connectivity index (χ2n) is 3.70. The van der Waals surface area contributed by atoms with Crippen LogP contribution in [0.5, 0.6) is 11.5 Å². The van der Waals surface area contributed by atoms with Gasteiger partial charge in [-0.1, -0.05) is 11.6 Å². The SMILES string of the molecule is NCC(NCCO)c1cc(Cl)c2c(c1)OCO2. The molecule has 1 aliphatic heterocycles. The van der Waals surface area contributed by atoms with Gasteiger partial charge in [0.1, 0.15) is 0 Å². The van der Waals surface area contributed by atoms with Crippen LogP contribution in [0.2, 0.25) is 5.02 Å². The third-order valence-corrected chi connectivity index (χ3v) is 2.87. The minimum atomic E-state index is -0.0610. The summed E-state index contributed by atoms with van der Waals surface area (Å²) in [5.41, 5.74) is 6.61. The van der Waals surface area contributed by atoms with Gasteiger partial charge in [-0.3, -0.25) is 0 Å². The Labute approximate surface area is 104 Å². The lowest BCUT2D eigenvalue weighted by atomic mass is 10.1. The highest BCUT2D eigenvalue weighted by atomic mass is 35.5. The zero-order chi connectivity index (χ0) is 12.3. The first-order valence-corrected chi connectivity index (χ1v) is 5.77. The molecule has 1 aromatic carbocycles. The maximum absolute atomic E-state index is 8.79. The fraction of sp³-hybridized carbons (Fsp3) is 0.455. The Morgan fingerprint density at radius 1 is 1.47 bits per heavy atom. The minimum Gasteiger partial charge on any atom is -0.454 e. The molecule has 0 saturated carbocycles. The monoisotopic (exact) mass is 258 g/mol. The van der Waals surface area contributed by atoms with Crippen LogP contribution in [-0.2, 0) is 0 Å². The van der Waals surface area contributed by atoms with Crippen LogP contribution in [-0.4, -0.2) is 31.6 Å². The summed E-state index contributed by atoms with van der Waals surface area (Å²) in [5.74, 6) is 1.21. The van der Waals surface area contributed by atoms with Gasteiger partial charge in [0.15, 0.2) is 11.5 Å². The summed E-state index contributed by atoms with van der Waals surface area (Å²) in [6.45, 7) is 1.15. The molecule has 0 aliphatic carbocycles. The van der Waals surface area contributed by atoms with Crippen LogP contribution in [0, 0.1) is 0 Å². The van der Waals surface area contributed by atoms with Crippen molar-refractivity contribution in [2.45, 2.75) is 6.04 Å². The number of benzene rings is 1. The first-order valence-electron chi connectivity index (χ1n) is 5.39. The number of fused-ring (bicyclic) bond motifs is 1. The Bertz CT molecular complexity index is 401. The fourth-order valence-electron chi connectivity index (χ4n) is 1.76. The van der Waals surface area contributed by atoms with Crippen molar-refractivity contribution in [1.82, 2.24) is 5.32 Å². The molecule has 0 aromatic heterocycles.